The fourth-order valence-electron chi connectivity index (χ4n) is 0.408. The van der Waals surface area contributed by atoms with E-state index >= 15 is 0 Å². The Morgan fingerprint density at radius 1 is 1.62 bits per heavy atom. The van der Waals surface area contributed by atoms with Gasteiger partial charge in [-0.1, -0.05) is 25.8 Å². The maximum atomic E-state index is 4.98. The first-order valence-corrected chi connectivity index (χ1v) is 2.88. The fourth-order valence-corrected chi connectivity index (χ4v) is 0.408. The van der Waals surface area contributed by atoms with E-state index < -0.39 is 0 Å². The van der Waals surface area contributed by atoms with Gasteiger partial charge in [0, 0.05) is 0 Å². The molecule has 0 fully saturated rings. The van der Waals surface area contributed by atoms with Crippen LogP contribution in [0.15, 0.2) is 12.2 Å². The average molecular weight is 108 g/mol. The predicted molar refractivity (Wildman–Crippen MR) is 37.4 cm³/mol. The molecule has 0 atom stereocenters. The van der Waals surface area contributed by atoms with Crippen molar-refractivity contribution in [2.24, 2.45) is 5.92 Å². The molecular formula is C8H12. The topological polar surface area (TPSA) is 0 Å². The molecule has 0 nitrogen and oxygen atoms in total. The second kappa shape index (κ2) is 4.46. The summed E-state index contributed by atoms with van der Waals surface area (Å²) in [5.74, 6) is 3.16. The first-order valence-electron chi connectivity index (χ1n) is 2.88. The molecule has 8 heavy (non-hydrogen) atoms. The highest BCUT2D eigenvalue weighted by Crippen LogP contribution is 1.98. The van der Waals surface area contributed by atoms with Crippen molar-refractivity contribution < 1.29 is 0 Å². The molecular weight excluding hydrogens is 96.1 g/mol. The minimum absolute atomic E-state index is 0.722. The molecule has 0 radical (unpaired) electrons. The molecule has 0 N–H and O–H groups in total. The Kier molecular flexibility index (Phi) is 4.07. The standard InChI is InChI=1S/C8H12/c1-4-5-6-7-8(2)3/h1,5-6,8H,7H2,2-3H3/b6-5-. The third kappa shape index (κ3) is 5.30. The van der Waals surface area contributed by atoms with Crippen LogP contribution in [0.2, 0.25) is 0 Å². The zero-order valence-electron chi connectivity index (χ0n) is 5.52. The molecule has 0 saturated heterocycles. The van der Waals surface area contributed by atoms with Gasteiger partial charge in [-0.25, -0.2) is 0 Å². The highest BCUT2D eigenvalue weighted by Gasteiger charge is 1.84. The smallest absolute Gasteiger partial charge is 0.0161 e. The van der Waals surface area contributed by atoms with Gasteiger partial charge < -0.3 is 0 Å². The summed E-state index contributed by atoms with van der Waals surface area (Å²) in [6.45, 7) is 4.34. The molecule has 44 valence electrons. The number of rotatable bonds is 2. The fraction of sp³-hybridized carbons (Fsp3) is 0.500. The number of hydrogen-bond donors (Lipinski definition) is 0. The van der Waals surface area contributed by atoms with Crippen molar-refractivity contribution in [3.63, 3.8) is 0 Å². The van der Waals surface area contributed by atoms with E-state index in [0.717, 1.165) is 12.3 Å². The molecule has 0 aromatic heterocycles. The maximum Gasteiger partial charge on any atom is -0.0161 e. The molecule has 0 bridgehead atoms. The Hall–Kier alpha value is -0.700. The molecule has 0 amide bonds. The molecule has 0 rings (SSSR count). The Bertz CT molecular complexity index is 102. The summed E-state index contributed by atoms with van der Waals surface area (Å²) in [6.07, 6.45) is 9.83. The van der Waals surface area contributed by atoms with E-state index in [1.165, 1.54) is 0 Å². The van der Waals surface area contributed by atoms with E-state index in [4.69, 9.17) is 6.42 Å². The lowest BCUT2D eigenvalue weighted by Crippen LogP contribution is -1.80. The molecule has 0 aromatic carbocycles. The van der Waals surface area contributed by atoms with Crippen LogP contribution in [0.4, 0.5) is 0 Å². The van der Waals surface area contributed by atoms with Crippen molar-refractivity contribution in [1.29, 1.82) is 0 Å². The van der Waals surface area contributed by atoms with Crippen molar-refractivity contribution in [2.75, 3.05) is 0 Å². The molecule has 0 aliphatic heterocycles. The van der Waals surface area contributed by atoms with E-state index in [0.29, 0.717) is 0 Å². The van der Waals surface area contributed by atoms with Gasteiger partial charge >= 0.3 is 0 Å². The normalized spacial score (nSPS) is 10.2. The second-order valence-electron chi connectivity index (χ2n) is 2.20. The summed E-state index contributed by atoms with van der Waals surface area (Å²) in [5, 5.41) is 0. The van der Waals surface area contributed by atoms with Crippen molar-refractivity contribution >= 4 is 0 Å². The van der Waals surface area contributed by atoms with Crippen LogP contribution in [-0.2, 0) is 0 Å². The maximum absolute atomic E-state index is 4.98. The Labute approximate surface area is 51.6 Å². The minimum Gasteiger partial charge on any atom is -0.115 e. The van der Waals surface area contributed by atoms with Crippen LogP contribution < -0.4 is 0 Å². The lowest BCUT2D eigenvalue weighted by molar-refractivity contribution is 0.664. The highest BCUT2D eigenvalue weighted by atomic mass is 13.9. The van der Waals surface area contributed by atoms with E-state index in [1.807, 2.05) is 6.08 Å². The summed E-state index contributed by atoms with van der Waals surface area (Å²) in [6, 6.07) is 0. The summed E-state index contributed by atoms with van der Waals surface area (Å²) in [5.41, 5.74) is 0. The van der Waals surface area contributed by atoms with Crippen molar-refractivity contribution in [3.05, 3.63) is 12.2 Å². The van der Waals surface area contributed by atoms with Crippen molar-refractivity contribution in [1.82, 2.24) is 0 Å². The Morgan fingerprint density at radius 3 is 2.62 bits per heavy atom. The van der Waals surface area contributed by atoms with Gasteiger partial charge in [-0.2, -0.15) is 0 Å². The summed E-state index contributed by atoms with van der Waals surface area (Å²) in [7, 11) is 0. The van der Waals surface area contributed by atoms with Crippen LogP contribution in [0.5, 0.6) is 0 Å². The van der Waals surface area contributed by atoms with Gasteiger partial charge in [0.05, 0.1) is 0 Å². The predicted octanol–water partition coefficient (Wildman–Crippen LogP) is 2.22. The first-order chi connectivity index (χ1) is 3.77. The van der Waals surface area contributed by atoms with E-state index in [9.17, 15) is 0 Å². The van der Waals surface area contributed by atoms with Gasteiger partial charge in [-0.3, -0.25) is 0 Å². The van der Waals surface area contributed by atoms with Crippen molar-refractivity contribution in [3.8, 4) is 12.3 Å². The molecule has 0 aromatic rings. The zero-order valence-corrected chi connectivity index (χ0v) is 5.52. The van der Waals surface area contributed by atoms with Gasteiger partial charge in [-0.15, -0.1) is 6.42 Å². The Morgan fingerprint density at radius 2 is 2.25 bits per heavy atom. The molecule has 0 aliphatic carbocycles. The lowest BCUT2D eigenvalue weighted by Gasteiger charge is -1.93. The monoisotopic (exact) mass is 108 g/mol. The van der Waals surface area contributed by atoms with Crippen LogP contribution in [0, 0.1) is 18.3 Å². The van der Waals surface area contributed by atoms with E-state index in [2.05, 4.69) is 19.8 Å². The van der Waals surface area contributed by atoms with Gasteiger partial charge in [0.2, 0.25) is 0 Å². The zero-order chi connectivity index (χ0) is 6.41. The number of terminal acetylenes is 1. The van der Waals surface area contributed by atoms with E-state index in [-0.39, 0.29) is 0 Å². The number of hydrogen-bond acceptors (Lipinski definition) is 0. The average Bonchev–Trinajstić information content (AvgIpc) is 1.66. The minimum atomic E-state index is 0.722. The third-order valence-corrected chi connectivity index (χ3v) is 0.822. The van der Waals surface area contributed by atoms with Crippen molar-refractivity contribution in [2.45, 2.75) is 20.3 Å². The summed E-state index contributed by atoms with van der Waals surface area (Å²) in [4.78, 5) is 0. The molecule has 0 heterocycles. The van der Waals surface area contributed by atoms with Gasteiger partial charge in [0.15, 0.2) is 0 Å². The van der Waals surface area contributed by atoms with Crippen LogP contribution in [-0.4, -0.2) is 0 Å². The lowest BCUT2D eigenvalue weighted by atomic mass is 10.1. The van der Waals surface area contributed by atoms with Crippen LogP contribution in [0.1, 0.15) is 20.3 Å². The van der Waals surface area contributed by atoms with Crippen LogP contribution >= 0.6 is 0 Å². The number of allylic oxidation sites excluding steroid dienone is 2. The molecule has 0 unspecified atom stereocenters. The molecule has 0 heteroatoms. The second-order valence-corrected chi connectivity index (χ2v) is 2.20. The van der Waals surface area contributed by atoms with E-state index in [1.54, 1.807) is 6.08 Å². The molecule has 0 aliphatic rings. The quantitative estimate of drug-likeness (QED) is 0.476. The van der Waals surface area contributed by atoms with Crippen LogP contribution in [0.3, 0.4) is 0 Å². The SMILES string of the molecule is C#C/C=C\CC(C)C. The first kappa shape index (κ1) is 7.30. The van der Waals surface area contributed by atoms with Gasteiger partial charge in [0.1, 0.15) is 0 Å². The Balaban J connectivity index is 3.19. The van der Waals surface area contributed by atoms with Gasteiger partial charge in [-0.05, 0) is 18.4 Å². The van der Waals surface area contributed by atoms with Gasteiger partial charge in [0.25, 0.3) is 0 Å². The third-order valence-electron chi connectivity index (χ3n) is 0.822. The summed E-state index contributed by atoms with van der Waals surface area (Å²) < 4.78 is 0. The largest absolute Gasteiger partial charge is 0.115 e. The molecule has 0 spiro atoms. The van der Waals surface area contributed by atoms with Crippen LogP contribution in [0.25, 0.3) is 0 Å². The molecule has 0 saturated carbocycles. The highest BCUT2D eigenvalue weighted by molar-refractivity contribution is 5.08. The summed E-state index contributed by atoms with van der Waals surface area (Å²) >= 11 is 0.